The first-order chi connectivity index (χ1) is 17.1. The summed E-state index contributed by atoms with van der Waals surface area (Å²) >= 11 is 0. The lowest BCUT2D eigenvalue weighted by molar-refractivity contribution is -0.151. The second-order valence-corrected chi connectivity index (χ2v) is 7.60. The molecule has 3 aromatic carbocycles. The van der Waals surface area contributed by atoms with Crippen LogP contribution in [0.1, 0.15) is 24.2 Å². The van der Waals surface area contributed by atoms with Crippen LogP contribution in [0.4, 0.5) is 0 Å². The molecule has 1 aromatic heterocycles. The largest absolute Gasteiger partial charge is 0.497 e. The zero-order valence-corrected chi connectivity index (χ0v) is 19.5. The van der Waals surface area contributed by atoms with Crippen molar-refractivity contribution in [3.05, 3.63) is 102 Å². The smallest absolute Gasteiger partial charge is 0.352 e. The molecule has 0 aliphatic carbocycles. The summed E-state index contributed by atoms with van der Waals surface area (Å²) in [6.45, 7) is 1.93. The lowest BCUT2D eigenvalue weighted by Crippen LogP contribution is -2.22. The molecule has 0 aliphatic rings. The van der Waals surface area contributed by atoms with Crippen LogP contribution in [-0.2, 0) is 9.53 Å². The van der Waals surface area contributed by atoms with Crippen LogP contribution >= 0.6 is 0 Å². The molecule has 0 N–H and O–H groups in total. The Bertz CT molecular complexity index is 1330. The Labute approximate surface area is 204 Å². The van der Waals surface area contributed by atoms with E-state index in [1.165, 1.54) is 0 Å². The molecule has 0 saturated carbocycles. The number of carbonyl (C=O) groups excluding carboxylic acids is 1. The molecule has 0 radical (unpaired) electrons. The molecule has 6 nitrogen and oxygen atoms in total. The van der Waals surface area contributed by atoms with E-state index >= 15 is 0 Å². The van der Waals surface area contributed by atoms with Crippen LogP contribution in [-0.4, -0.2) is 24.7 Å². The van der Waals surface area contributed by atoms with Crippen molar-refractivity contribution < 1.29 is 19.0 Å². The predicted octanol–water partition coefficient (Wildman–Crippen LogP) is 5.98. The van der Waals surface area contributed by atoms with Gasteiger partial charge in [0.15, 0.2) is 0 Å². The second kappa shape index (κ2) is 11.0. The average Bonchev–Trinajstić information content (AvgIpc) is 2.92. The maximum absolute atomic E-state index is 12.9. The third-order valence-electron chi connectivity index (χ3n) is 5.40. The van der Waals surface area contributed by atoms with Crippen molar-refractivity contribution in [1.82, 2.24) is 4.98 Å². The van der Waals surface area contributed by atoms with Crippen molar-refractivity contribution in [3.8, 4) is 40.1 Å². The van der Waals surface area contributed by atoms with Crippen molar-refractivity contribution in [3.63, 3.8) is 0 Å². The van der Waals surface area contributed by atoms with Crippen LogP contribution in [0.15, 0.2) is 91.0 Å². The molecular formula is C29H24N2O4. The quantitative estimate of drug-likeness (QED) is 0.299. The minimum absolute atomic E-state index is 0.0570. The van der Waals surface area contributed by atoms with E-state index in [1.807, 2.05) is 78.9 Å². The number of methoxy groups -OCH3 is 1. The van der Waals surface area contributed by atoms with E-state index in [-0.39, 0.29) is 18.1 Å². The predicted molar refractivity (Wildman–Crippen MR) is 133 cm³/mol. The first-order valence-corrected chi connectivity index (χ1v) is 11.2. The van der Waals surface area contributed by atoms with E-state index in [1.54, 1.807) is 26.2 Å². The molecule has 0 fully saturated rings. The number of pyridine rings is 1. The Morgan fingerprint density at radius 2 is 1.60 bits per heavy atom. The standard InChI is InChI=1S/C29H24N2O4/c1-3-34-29(32)27(22-12-8-5-9-13-22)35-28-25(19-30)24(20-14-16-23(33-2)17-15-20)18-26(31-28)21-10-6-4-7-11-21/h4-18,27H,3H2,1-2H3. The monoisotopic (exact) mass is 464 g/mol. The van der Waals surface area contributed by atoms with Crippen molar-refractivity contribution in [1.29, 1.82) is 5.26 Å². The number of carbonyl (C=O) groups is 1. The van der Waals surface area contributed by atoms with Crippen LogP contribution < -0.4 is 9.47 Å². The fraction of sp³-hybridized carbons (Fsp3) is 0.138. The zero-order valence-electron chi connectivity index (χ0n) is 19.5. The highest BCUT2D eigenvalue weighted by Crippen LogP contribution is 2.36. The van der Waals surface area contributed by atoms with Gasteiger partial charge in [0.1, 0.15) is 17.4 Å². The molecule has 6 heteroatoms. The number of hydrogen-bond acceptors (Lipinski definition) is 6. The Balaban J connectivity index is 1.88. The van der Waals surface area contributed by atoms with E-state index in [4.69, 9.17) is 14.2 Å². The molecule has 1 unspecified atom stereocenters. The summed E-state index contributed by atoms with van der Waals surface area (Å²) in [6, 6.07) is 30.1. The molecule has 0 amide bonds. The summed E-state index contributed by atoms with van der Waals surface area (Å²) < 4.78 is 16.7. The minimum atomic E-state index is -1.08. The van der Waals surface area contributed by atoms with Gasteiger partial charge < -0.3 is 14.2 Å². The van der Waals surface area contributed by atoms with Crippen LogP contribution in [0.3, 0.4) is 0 Å². The maximum atomic E-state index is 12.9. The van der Waals surface area contributed by atoms with Gasteiger partial charge in [-0.1, -0.05) is 72.8 Å². The summed E-state index contributed by atoms with van der Waals surface area (Å²) in [5.74, 6) is 0.203. The third-order valence-corrected chi connectivity index (χ3v) is 5.40. The molecule has 0 spiro atoms. The lowest BCUT2D eigenvalue weighted by Gasteiger charge is -2.20. The summed E-state index contributed by atoms with van der Waals surface area (Å²) in [4.78, 5) is 17.5. The van der Waals surface area contributed by atoms with E-state index < -0.39 is 12.1 Å². The molecule has 0 bridgehead atoms. The van der Waals surface area contributed by atoms with Gasteiger partial charge in [-0.3, -0.25) is 0 Å². The minimum Gasteiger partial charge on any atom is -0.497 e. The number of nitriles is 1. The van der Waals surface area contributed by atoms with E-state index in [0.717, 1.165) is 11.1 Å². The van der Waals surface area contributed by atoms with Gasteiger partial charge in [0.25, 0.3) is 0 Å². The van der Waals surface area contributed by atoms with Crippen molar-refractivity contribution in [2.24, 2.45) is 0 Å². The van der Waals surface area contributed by atoms with Crippen LogP contribution in [0.25, 0.3) is 22.4 Å². The van der Waals surface area contributed by atoms with Gasteiger partial charge in [0.05, 0.1) is 19.4 Å². The number of hydrogen-bond donors (Lipinski definition) is 0. The van der Waals surface area contributed by atoms with E-state index in [0.29, 0.717) is 22.6 Å². The molecule has 0 saturated heterocycles. The van der Waals surface area contributed by atoms with Gasteiger partial charge in [-0.05, 0) is 30.7 Å². The van der Waals surface area contributed by atoms with E-state index in [9.17, 15) is 10.1 Å². The van der Waals surface area contributed by atoms with Crippen molar-refractivity contribution >= 4 is 5.97 Å². The van der Waals surface area contributed by atoms with Crippen LogP contribution in [0, 0.1) is 11.3 Å². The highest BCUT2D eigenvalue weighted by Gasteiger charge is 2.27. The molecule has 0 aliphatic heterocycles. The van der Waals surface area contributed by atoms with Gasteiger partial charge >= 0.3 is 5.97 Å². The highest BCUT2D eigenvalue weighted by atomic mass is 16.6. The fourth-order valence-electron chi connectivity index (χ4n) is 3.68. The Morgan fingerprint density at radius 1 is 0.943 bits per heavy atom. The first kappa shape index (κ1) is 23.5. The Morgan fingerprint density at radius 3 is 2.20 bits per heavy atom. The topological polar surface area (TPSA) is 81.4 Å². The normalized spacial score (nSPS) is 11.2. The van der Waals surface area contributed by atoms with Gasteiger partial charge in [-0.2, -0.15) is 5.26 Å². The molecule has 4 aromatic rings. The van der Waals surface area contributed by atoms with Crippen molar-refractivity contribution in [2.75, 3.05) is 13.7 Å². The molecule has 1 atom stereocenters. The van der Waals surface area contributed by atoms with Crippen LogP contribution in [0.5, 0.6) is 11.6 Å². The number of rotatable bonds is 8. The van der Waals surface area contributed by atoms with Crippen molar-refractivity contribution in [2.45, 2.75) is 13.0 Å². The van der Waals surface area contributed by atoms with E-state index in [2.05, 4.69) is 11.1 Å². The van der Waals surface area contributed by atoms with Crippen LogP contribution in [0.2, 0.25) is 0 Å². The Hall–Kier alpha value is -4.63. The number of benzene rings is 3. The summed E-state index contributed by atoms with van der Waals surface area (Å²) in [6.07, 6.45) is -1.08. The molecular weight excluding hydrogens is 440 g/mol. The number of aromatic nitrogens is 1. The summed E-state index contributed by atoms with van der Waals surface area (Å²) in [5.41, 5.74) is 3.71. The van der Waals surface area contributed by atoms with Gasteiger partial charge in [0, 0.05) is 16.7 Å². The number of ether oxygens (including phenoxy) is 3. The third kappa shape index (κ3) is 5.31. The summed E-state index contributed by atoms with van der Waals surface area (Å²) in [5, 5.41) is 10.1. The number of esters is 1. The molecule has 174 valence electrons. The lowest BCUT2D eigenvalue weighted by atomic mass is 9.98. The van der Waals surface area contributed by atoms with Gasteiger partial charge in [0.2, 0.25) is 12.0 Å². The molecule has 4 rings (SSSR count). The van der Waals surface area contributed by atoms with Gasteiger partial charge in [-0.15, -0.1) is 0 Å². The highest BCUT2D eigenvalue weighted by molar-refractivity contribution is 5.80. The fourth-order valence-corrected chi connectivity index (χ4v) is 3.68. The number of nitrogens with zero attached hydrogens (tertiary/aromatic N) is 2. The maximum Gasteiger partial charge on any atom is 0.352 e. The second-order valence-electron chi connectivity index (χ2n) is 7.60. The SMILES string of the molecule is CCOC(=O)C(Oc1nc(-c2ccccc2)cc(-c2ccc(OC)cc2)c1C#N)c1ccccc1. The average molecular weight is 465 g/mol. The van der Waals surface area contributed by atoms with Gasteiger partial charge in [-0.25, -0.2) is 9.78 Å². The zero-order chi connectivity index (χ0) is 24.6. The molecule has 1 heterocycles. The molecule has 35 heavy (non-hydrogen) atoms. The summed E-state index contributed by atoms with van der Waals surface area (Å²) in [7, 11) is 1.60. The first-order valence-electron chi connectivity index (χ1n) is 11.2. The Kier molecular flexibility index (Phi) is 7.39.